The minimum Gasteiger partial charge on any atom is -0.461 e. The zero-order chi connectivity index (χ0) is 21.6. The number of esters is 1. The number of aromatic nitrogens is 1. The lowest BCUT2D eigenvalue weighted by Crippen LogP contribution is -2.47. The van der Waals surface area contributed by atoms with Gasteiger partial charge in [0.25, 0.3) is 0 Å². The molecular formula is C24H28N4O3. The molecule has 162 valence electrons. The maximum Gasteiger partial charge on any atom is 0.356 e. The van der Waals surface area contributed by atoms with E-state index in [0.717, 1.165) is 37.1 Å². The Balaban J connectivity index is 1.35. The Hall–Kier alpha value is -3.32. The number of amides is 1. The first-order valence-electron chi connectivity index (χ1n) is 10.8. The molecule has 0 bridgehead atoms. The number of para-hydroxylation sites is 2. The largest absolute Gasteiger partial charge is 0.461 e. The summed E-state index contributed by atoms with van der Waals surface area (Å²) < 4.78 is 5.15. The highest BCUT2D eigenvalue weighted by molar-refractivity contribution is 6.10. The lowest BCUT2D eigenvalue weighted by molar-refractivity contribution is -0.116. The fourth-order valence-electron chi connectivity index (χ4n) is 3.96. The van der Waals surface area contributed by atoms with Gasteiger partial charge in [-0.05, 0) is 25.1 Å². The first-order valence-corrected chi connectivity index (χ1v) is 10.8. The number of piperazine rings is 1. The summed E-state index contributed by atoms with van der Waals surface area (Å²) in [6, 6.07) is 17.9. The van der Waals surface area contributed by atoms with E-state index < -0.39 is 5.97 Å². The quantitative estimate of drug-likeness (QED) is 0.572. The summed E-state index contributed by atoms with van der Waals surface area (Å²) in [5.41, 5.74) is 2.81. The number of fused-ring (bicyclic) bond motifs is 1. The molecule has 0 saturated carbocycles. The number of H-pyrrole nitrogens is 1. The number of carbonyl (C=O) groups is 2. The SMILES string of the molecule is CCOC(=O)c1[nH]c2ccccc2c1NC(=O)CCN1CCN(c2ccccc2)CC1. The van der Waals surface area contributed by atoms with Gasteiger partial charge in [-0.25, -0.2) is 4.79 Å². The summed E-state index contributed by atoms with van der Waals surface area (Å²) in [6.07, 6.45) is 0.368. The van der Waals surface area contributed by atoms with Crippen LogP contribution < -0.4 is 10.2 Å². The first-order chi connectivity index (χ1) is 15.2. The van der Waals surface area contributed by atoms with Gasteiger partial charge in [-0.2, -0.15) is 0 Å². The van der Waals surface area contributed by atoms with Crippen molar-refractivity contribution in [1.82, 2.24) is 9.88 Å². The molecule has 3 aromatic rings. The van der Waals surface area contributed by atoms with Crippen LogP contribution in [0.15, 0.2) is 54.6 Å². The number of ether oxygens (including phenoxy) is 1. The number of carbonyl (C=O) groups excluding carboxylic acids is 2. The van der Waals surface area contributed by atoms with Crippen LogP contribution >= 0.6 is 0 Å². The lowest BCUT2D eigenvalue weighted by Gasteiger charge is -2.36. The van der Waals surface area contributed by atoms with Gasteiger partial charge in [0.15, 0.2) is 0 Å². The molecule has 1 aliphatic heterocycles. The second-order valence-electron chi connectivity index (χ2n) is 7.60. The zero-order valence-electron chi connectivity index (χ0n) is 17.8. The molecule has 2 heterocycles. The molecule has 0 radical (unpaired) electrons. The average Bonchev–Trinajstić information content (AvgIpc) is 3.17. The van der Waals surface area contributed by atoms with Gasteiger partial charge in [-0.1, -0.05) is 36.4 Å². The molecule has 0 unspecified atom stereocenters. The van der Waals surface area contributed by atoms with E-state index in [0.29, 0.717) is 18.7 Å². The number of hydrogen-bond acceptors (Lipinski definition) is 5. The third-order valence-electron chi connectivity index (χ3n) is 5.60. The third kappa shape index (κ3) is 4.88. The lowest BCUT2D eigenvalue weighted by atomic mass is 10.2. The van der Waals surface area contributed by atoms with Crippen LogP contribution in [0, 0.1) is 0 Å². The second-order valence-corrected chi connectivity index (χ2v) is 7.60. The number of rotatable bonds is 7. The van der Waals surface area contributed by atoms with Crippen molar-refractivity contribution in [2.24, 2.45) is 0 Å². The van der Waals surface area contributed by atoms with Gasteiger partial charge in [0.05, 0.1) is 12.3 Å². The molecule has 1 amide bonds. The summed E-state index contributed by atoms with van der Waals surface area (Å²) in [4.78, 5) is 32.8. The summed E-state index contributed by atoms with van der Waals surface area (Å²) in [5, 5.41) is 3.74. The highest BCUT2D eigenvalue weighted by atomic mass is 16.5. The molecular weight excluding hydrogens is 392 g/mol. The van der Waals surface area contributed by atoms with Crippen molar-refractivity contribution in [3.05, 3.63) is 60.3 Å². The molecule has 7 heteroatoms. The molecule has 0 spiro atoms. The van der Waals surface area contributed by atoms with Crippen molar-refractivity contribution in [2.75, 3.05) is 49.5 Å². The molecule has 1 aromatic heterocycles. The highest BCUT2D eigenvalue weighted by Crippen LogP contribution is 2.28. The predicted octanol–water partition coefficient (Wildman–Crippen LogP) is 3.50. The van der Waals surface area contributed by atoms with E-state index in [1.165, 1.54) is 5.69 Å². The van der Waals surface area contributed by atoms with Crippen molar-refractivity contribution in [1.29, 1.82) is 0 Å². The average molecular weight is 421 g/mol. The number of benzene rings is 2. The normalized spacial score (nSPS) is 14.5. The number of nitrogens with zero attached hydrogens (tertiary/aromatic N) is 2. The smallest absolute Gasteiger partial charge is 0.356 e. The van der Waals surface area contributed by atoms with Gasteiger partial charge < -0.3 is 19.9 Å². The summed E-state index contributed by atoms with van der Waals surface area (Å²) in [6.45, 7) is 6.45. The van der Waals surface area contributed by atoms with Crippen molar-refractivity contribution in [3.63, 3.8) is 0 Å². The number of anilines is 2. The monoisotopic (exact) mass is 420 g/mol. The summed E-state index contributed by atoms with van der Waals surface area (Å²) >= 11 is 0. The first kappa shape index (κ1) is 20.9. The molecule has 31 heavy (non-hydrogen) atoms. The summed E-state index contributed by atoms with van der Waals surface area (Å²) in [7, 11) is 0. The van der Waals surface area contributed by atoms with Crippen LogP contribution in [-0.2, 0) is 9.53 Å². The molecule has 4 rings (SSSR count). The van der Waals surface area contributed by atoms with Crippen molar-refractivity contribution >= 4 is 34.2 Å². The minimum absolute atomic E-state index is 0.110. The van der Waals surface area contributed by atoms with E-state index in [2.05, 4.69) is 44.4 Å². The van der Waals surface area contributed by atoms with Crippen LogP contribution in [-0.4, -0.2) is 61.1 Å². The Morgan fingerprint density at radius 3 is 2.45 bits per heavy atom. The van der Waals surface area contributed by atoms with Crippen molar-refractivity contribution in [3.8, 4) is 0 Å². The van der Waals surface area contributed by atoms with E-state index in [9.17, 15) is 9.59 Å². The Kier molecular flexibility index (Phi) is 6.52. The standard InChI is InChI=1S/C24H28N4O3/c1-2-31-24(30)23-22(19-10-6-7-11-20(19)25-23)26-21(29)12-13-27-14-16-28(17-15-27)18-8-4-3-5-9-18/h3-11,25H,2,12-17H2,1H3,(H,26,29). The third-order valence-corrected chi connectivity index (χ3v) is 5.60. The van der Waals surface area contributed by atoms with E-state index in [1.807, 2.05) is 30.3 Å². The van der Waals surface area contributed by atoms with E-state index >= 15 is 0 Å². The van der Waals surface area contributed by atoms with Gasteiger partial charge in [-0.3, -0.25) is 9.69 Å². The second kappa shape index (κ2) is 9.66. The van der Waals surface area contributed by atoms with Gasteiger partial charge in [0.1, 0.15) is 5.69 Å². The van der Waals surface area contributed by atoms with Gasteiger partial charge in [-0.15, -0.1) is 0 Å². The Morgan fingerprint density at radius 1 is 1.00 bits per heavy atom. The fourth-order valence-corrected chi connectivity index (χ4v) is 3.96. The van der Waals surface area contributed by atoms with E-state index in [4.69, 9.17) is 4.74 Å². The highest BCUT2D eigenvalue weighted by Gasteiger charge is 2.22. The molecule has 1 saturated heterocycles. The van der Waals surface area contributed by atoms with Gasteiger partial charge in [0.2, 0.25) is 5.91 Å². The molecule has 2 N–H and O–H groups in total. The van der Waals surface area contributed by atoms with Crippen LogP contribution in [0.5, 0.6) is 0 Å². The Labute approximate surface area is 182 Å². The molecule has 7 nitrogen and oxygen atoms in total. The molecule has 0 atom stereocenters. The number of aromatic amines is 1. The zero-order valence-corrected chi connectivity index (χ0v) is 17.8. The van der Waals surface area contributed by atoms with Gasteiger partial charge in [0, 0.05) is 55.7 Å². The molecule has 1 fully saturated rings. The van der Waals surface area contributed by atoms with E-state index in [-0.39, 0.29) is 18.2 Å². The number of nitrogens with one attached hydrogen (secondary N) is 2. The van der Waals surface area contributed by atoms with Crippen LogP contribution in [0.1, 0.15) is 23.8 Å². The molecule has 2 aromatic carbocycles. The van der Waals surface area contributed by atoms with E-state index in [1.54, 1.807) is 6.92 Å². The Bertz CT molecular complexity index is 1040. The Morgan fingerprint density at radius 2 is 1.71 bits per heavy atom. The maximum absolute atomic E-state index is 12.7. The van der Waals surface area contributed by atoms with Gasteiger partial charge >= 0.3 is 5.97 Å². The van der Waals surface area contributed by atoms with Crippen LogP contribution in [0.2, 0.25) is 0 Å². The fraction of sp³-hybridized carbons (Fsp3) is 0.333. The number of hydrogen-bond donors (Lipinski definition) is 2. The maximum atomic E-state index is 12.7. The molecule has 0 aliphatic carbocycles. The minimum atomic E-state index is -0.467. The van der Waals surface area contributed by atoms with Crippen LogP contribution in [0.3, 0.4) is 0 Å². The van der Waals surface area contributed by atoms with Crippen molar-refractivity contribution in [2.45, 2.75) is 13.3 Å². The predicted molar refractivity (Wildman–Crippen MR) is 123 cm³/mol. The molecule has 1 aliphatic rings. The van der Waals surface area contributed by atoms with Crippen LogP contribution in [0.4, 0.5) is 11.4 Å². The summed E-state index contributed by atoms with van der Waals surface area (Å²) in [5.74, 6) is -0.577. The topological polar surface area (TPSA) is 77.7 Å². The van der Waals surface area contributed by atoms with Crippen LogP contribution in [0.25, 0.3) is 10.9 Å². The van der Waals surface area contributed by atoms with Crippen molar-refractivity contribution < 1.29 is 14.3 Å².